The third kappa shape index (κ3) is 5.10. The molecule has 1 fully saturated rings. The molecule has 0 amide bonds. The Labute approximate surface area is 122 Å². The zero-order valence-electron chi connectivity index (χ0n) is 13.0. The average Bonchev–Trinajstić information content (AvgIpc) is 3.25. The van der Waals surface area contributed by atoms with Crippen LogP contribution in [0.5, 0.6) is 5.88 Å². The van der Waals surface area contributed by atoms with Crippen molar-refractivity contribution in [3.8, 4) is 5.88 Å². The number of nitrogens with zero attached hydrogens (tertiary/aromatic N) is 2. The number of likely N-dealkylation sites (N-methyl/N-ethyl adjacent to an activating group) is 1. The molecule has 0 saturated heterocycles. The second-order valence-corrected chi connectivity index (χ2v) is 5.49. The minimum absolute atomic E-state index is 0.702. The first-order chi connectivity index (χ1) is 9.71. The van der Waals surface area contributed by atoms with Gasteiger partial charge in [0.2, 0.25) is 5.88 Å². The Morgan fingerprint density at radius 3 is 2.70 bits per heavy atom. The van der Waals surface area contributed by atoms with E-state index in [0.29, 0.717) is 6.61 Å². The molecule has 1 heterocycles. The topological polar surface area (TPSA) is 37.4 Å². The van der Waals surface area contributed by atoms with Crippen LogP contribution in [0, 0.1) is 6.92 Å². The predicted octanol–water partition coefficient (Wildman–Crippen LogP) is 2.36. The molecular formula is C16H27N3O. The lowest BCUT2D eigenvalue weighted by molar-refractivity contribution is 0.217. The monoisotopic (exact) mass is 277 g/mol. The van der Waals surface area contributed by atoms with Gasteiger partial charge in [-0.15, -0.1) is 0 Å². The molecule has 1 aromatic rings. The van der Waals surface area contributed by atoms with Gasteiger partial charge in [-0.05, 0) is 44.5 Å². The van der Waals surface area contributed by atoms with Gasteiger partial charge < -0.3 is 15.0 Å². The van der Waals surface area contributed by atoms with Crippen molar-refractivity contribution in [3.63, 3.8) is 0 Å². The highest BCUT2D eigenvalue weighted by atomic mass is 16.5. The van der Waals surface area contributed by atoms with Crippen LogP contribution in [-0.4, -0.2) is 42.2 Å². The zero-order valence-corrected chi connectivity index (χ0v) is 13.0. The molecule has 0 radical (unpaired) electrons. The number of ether oxygens (including phenoxy) is 1. The summed E-state index contributed by atoms with van der Waals surface area (Å²) in [5.41, 5.74) is 2.29. The average molecular weight is 277 g/mol. The maximum atomic E-state index is 5.80. The number of pyridine rings is 1. The van der Waals surface area contributed by atoms with Gasteiger partial charge in [-0.1, -0.05) is 13.8 Å². The first-order valence-corrected chi connectivity index (χ1v) is 7.77. The van der Waals surface area contributed by atoms with E-state index in [9.17, 15) is 0 Å². The summed E-state index contributed by atoms with van der Waals surface area (Å²) in [7, 11) is 0. The first-order valence-electron chi connectivity index (χ1n) is 7.77. The minimum Gasteiger partial charge on any atom is -0.476 e. The van der Waals surface area contributed by atoms with E-state index in [4.69, 9.17) is 4.74 Å². The van der Waals surface area contributed by atoms with E-state index in [1.807, 2.05) is 6.92 Å². The number of hydrogen-bond acceptors (Lipinski definition) is 4. The van der Waals surface area contributed by atoms with Crippen molar-refractivity contribution in [2.45, 2.75) is 46.2 Å². The van der Waals surface area contributed by atoms with E-state index in [1.54, 1.807) is 0 Å². The van der Waals surface area contributed by atoms with Crippen LogP contribution in [0.4, 0.5) is 0 Å². The molecule has 1 aromatic heterocycles. The van der Waals surface area contributed by atoms with Crippen molar-refractivity contribution in [1.29, 1.82) is 0 Å². The van der Waals surface area contributed by atoms with Gasteiger partial charge in [-0.3, -0.25) is 0 Å². The Hall–Kier alpha value is -1.13. The fraction of sp³-hybridized carbons (Fsp3) is 0.688. The normalized spacial score (nSPS) is 14.8. The number of aryl methyl sites for hydroxylation is 1. The molecule has 0 atom stereocenters. The van der Waals surface area contributed by atoms with Crippen LogP contribution in [-0.2, 0) is 6.54 Å². The quantitative estimate of drug-likeness (QED) is 0.752. The van der Waals surface area contributed by atoms with Crippen LogP contribution >= 0.6 is 0 Å². The molecule has 0 aromatic carbocycles. The van der Waals surface area contributed by atoms with E-state index < -0.39 is 0 Å². The van der Waals surface area contributed by atoms with E-state index in [-0.39, 0.29) is 0 Å². The summed E-state index contributed by atoms with van der Waals surface area (Å²) in [5, 5.41) is 3.53. The molecule has 1 aliphatic rings. The lowest BCUT2D eigenvalue weighted by atomic mass is 10.2. The van der Waals surface area contributed by atoms with Crippen LogP contribution in [0.1, 0.15) is 37.9 Å². The van der Waals surface area contributed by atoms with E-state index in [1.165, 1.54) is 18.4 Å². The molecule has 4 nitrogen and oxygen atoms in total. The molecule has 0 spiro atoms. The molecule has 20 heavy (non-hydrogen) atoms. The minimum atomic E-state index is 0.702. The zero-order chi connectivity index (χ0) is 14.4. The van der Waals surface area contributed by atoms with Gasteiger partial charge in [-0.25, -0.2) is 4.98 Å². The van der Waals surface area contributed by atoms with Crippen LogP contribution in [0.2, 0.25) is 0 Å². The fourth-order valence-electron chi connectivity index (χ4n) is 2.25. The lowest BCUT2D eigenvalue weighted by Gasteiger charge is -2.18. The number of rotatable bonds is 9. The lowest BCUT2D eigenvalue weighted by Crippen LogP contribution is -2.28. The van der Waals surface area contributed by atoms with Gasteiger partial charge in [-0.2, -0.15) is 0 Å². The molecule has 0 aliphatic heterocycles. The largest absolute Gasteiger partial charge is 0.476 e. The maximum absolute atomic E-state index is 5.80. The number of aromatic nitrogens is 1. The molecule has 1 N–H and O–H groups in total. The Bertz CT molecular complexity index is 414. The van der Waals surface area contributed by atoms with Crippen LogP contribution in [0.15, 0.2) is 12.1 Å². The first kappa shape index (κ1) is 15.3. The van der Waals surface area contributed by atoms with E-state index in [2.05, 4.69) is 41.2 Å². The smallest absolute Gasteiger partial charge is 0.213 e. The second-order valence-electron chi connectivity index (χ2n) is 5.49. The summed E-state index contributed by atoms with van der Waals surface area (Å²) in [4.78, 5) is 6.81. The summed E-state index contributed by atoms with van der Waals surface area (Å²) in [6.45, 7) is 11.1. The summed E-state index contributed by atoms with van der Waals surface area (Å²) in [6.07, 6.45) is 2.63. The van der Waals surface area contributed by atoms with Crippen molar-refractivity contribution < 1.29 is 4.74 Å². The van der Waals surface area contributed by atoms with Crippen LogP contribution in [0.25, 0.3) is 0 Å². The van der Waals surface area contributed by atoms with Crippen molar-refractivity contribution in [2.24, 2.45) is 0 Å². The Morgan fingerprint density at radius 1 is 1.30 bits per heavy atom. The molecule has 1 saturated carbocycles. The van der Waals surface area contributed by atoms with Gasteiger partial charge >= 0.3 is 0 Å². The third-order valence-corrected chi connectivity index (χ3v) is 3.71. The van der Waals surface area contributed by atoms with E-state index >= 15 is 0 Å². The summed E-state index contributed by atoms with van der Waals surface area (Å²) in [6, 6.07) is 4.92. The van der Waals surface area contributed by atoms with Crippen LogP contribution in [0.3, 0.4) is 0 Å². The highest BCUT2D eigenvalue weighted by Gasteiger charge is 2.20. The summed E-state index contributed by atoms with van der Waals surface area (Å²) < 4.78 is 5.80. The second kappa shape index (κ2) is 7.60. The third-order valence-electron chi connectivity index (χ3n) is 3.71. The SMILES string of the molecule is CCN(CC)CCOc1cc(CNC2CC2)cc(C)n1. The van der Waals surface area contributed by atoms with Gasteiger partial charge in [0.05, 0.1) is 0 Å². The fourth-order valence-corrected chi connectivity index (χ4v) is 2.25. The molecular weight excluding hydrogens is 250 g/mol. The Balaban J connectivity index is 1.83. The van der Waals surface area contributed by atoms with Gasteiger partial charge in [0.1, 0.15) is 6.61 Å². The highest BCUT2D eigenvalue weighted by Crippen LogP contribution is 2.20. The molecule has 0 bridgehead atoms. The van der Waals surface area contributed by atoms with Crippen molar-refractivity contribution in [1.82, 2.24) is 15.2 Å². The van der Waals surface area contributed by atoms with E-state index in [0.717, 1.165) is 43.8 Å². The Morgan fingerprint density at radius 2 is 2.05 bits per heavy atom. The molecule has 1 aliphatic carbocycles. The van der Waals surface area contributed by atoms with Gasteiger partial charge in [0, 0.05) is 30.9 Å². The van der Waals surface area contributed by atoms with Crippen molar-refractivity contribution in [3.05, 3.63) is 23.4 Å². The predicted molar refractivity (Wildman–Crippen MR) is 82.1 cm³/mol. The molecule has 2 rings (SSSR count). The molecule has 112 valence electrons. The van der Waals surface area contributed by atoms with Gasteiger partial charge in [0.25, 0.3) is 0 Å². The molecule has 0 unspecified atom stereocenters. The maximum Gasteiger partial charge on any atom is 0.213 e. The molecule has 4 heteroatoms. The number of hydrogen-bond donors (Lipinski definition) is 1. The van der Waals surface area contributed by atoms with Crippen molar-refractivity contribution in [2.75, 3.05) is 26.2 Å². The van der Waals surface area contributed by atoms with Crippen molar-refractivity contribution >= 4 is 0 Å². The van der Waals surface area contributed by atoms with Gasteiger partial charge in [0.15, 0.2) is 0 Å². The highest BCUT2D eigenvalue weighted by molar-refractivity contribution is 5.24. The Kier molecular flexibility index (Phi) is 5.80. The number of nitrogens with one attached hydrogen (secondary N) is 1. The van der Waals surface area contributed by atoms with Crippen LogP contribution < -0.4 is 10.1 Å². The summed E-state index contributed by atoms with van der Waals surface area (Å²) in [5.74, 6) is 0.754. The standard InChI is InChI=1S/C16H27N3O/c1-4-19(5-2)8-9-20-16-11-14(10-13(3)18-16)12-17-15-6-7-15/h10-11,15,17H,4-9,12H2,1-3H3. The summed E-state index contributed by atoms with van der Waals surface area (Å²) >= 11 is 0.